The molecule has 0 unspecified atom stereocenters. The number of hydrogen-bond donors (Lipinski definition) is 0. The Bertz CT molecular complexity index is 423. The van der Waals surface area contributed by atoms with E-state index in [-0.39, 0.29) is 18.0 Å². The van der Waals surface area contributed by atoms with Crippen molar-refractivity contribution >= 4 is 11.6 Å². The summed E-state index contributed by atoms with van der Waals surface area (Å²) >= 11 is 0. The van der Waals surface area contributed by atoms with Crippen LogP contribution in [0, 0.1) is 0 Å². The van der Waals surface area contributed by atoms with Crippen LogP contribution in [0.4, 0.5) is 0 Å². The predicted octanol–water partition coefficient (Wildman–Crippen LogP) is 5.29. The van der Waals surface area contributed by atoms with Crippen molar-refractivity contribution in [1.82, 2.24) is 0 Å². The summed E-state index contributed by atoms with van der Waals surface area (Å²) in [4.78, 5) is 23.6. The van der Waals surface area contributed by atoms with Crippen LogP contribution in [0.15, 0.2) is 30.3 Å². The molecular formula is C20H30O2. The van der Waals surface area contributed by atoms with E-state index < -0.39 is 0 Å². The van der Waals surface area contributed by atoms with Crippen LogP contribution in [-0.4, -0.2) is 11.6 Å². The monoisotopic (exact) mass is 302 g/mol. The molecule has 0 atom stereocenters. The summed E-state index contributed by atoms with van der Waals surface area (Å²) in [6, 6.07) is 9.64. The highest BCUT2D eigenvalue weighted by Crippen LogP contribution is 2.11. The fourth-order valence-corrected chi connectivity index (χ4v) is 2.65. The van der Waals surface area contributed by atoms with Crippen molar-refractivity contribution in [3.8, 4) is 0 Å². The molecule has 0 saturated carbocycles. The lowest BCUT2D eigenvalue weighted by atomic mass is 10.0. The van der Waals surface area contributed by atoms with Crippen molar-refractivity contribution in [1.29, 1.82) is 0 Å². The van der Waals surface area contributed by atoms with Gasteiger partial charge in [-0.1, -0.05) is 82.2 Å². The van der Waals surface area contributed by atoms with Gasteiger partial charge >= 0.3 is 0 Å². The highest BCUT2D eigenvalue weighted by Gasteiger charge is 2.09. The first-order valence-corrected chi connectivity index (χ1v) is 8.79. The minimum Gasteiger partial charge on any atom is -0.299 e. The smallest absolute Gasteiger partial charge is 0.144 e. The highest BCUT2D eigenvalue weighted by molar-refractivity contribution is 5.99. The second kappa shape index (κ2) is 12.1. The van der Waals surface area contributed by atoms with Gasteiger partial charge in [0.05, 0.1) is 6.42 Å². The molecule has 0 amide bonds. The van der Waals surface area contributed by atoms with Crippen molar-refractivity contribution in [2.75, 3.05) is 0 Å². The first-order valence-electron chi connectivity index (χ1n) is 8.79. The van der Waals surface area contributed by atoms with E-state index in [0.29, 0.717) is 12.8 Å². The van der Waals surface area contributed by atoms with Gasteiger partial charge in [-0.2, -0.15) is 0 Å². The minimum atomic E-state index is 0.0377. The van der Waals surface area contributed by atoms with E-state index in [0.717, 1.165) is 18.4 Å². The van der Waals surface area contributed by atoms with Gasteiger partial charge in [0.25, 0.3) is 0 Å². The van der Waals surface area contributed by atoms with Crippen LogP contribution in [0.3, 0.4) is 0 Å². The van der Waals surface area contributed by atoms with E-state index in [1.165, 1.54) is 38.5 Å². The SMILES string of the molecule is CCCCCCCCCCC(=O)CC(=O)Cc1ccccc1. The Morgan fingerprint density at radius 1 is 0.773 bits per heavy atom. The zero-order valence-electron chi connectivity index (χ0n) is 14.0. The van der Waals surface area contributed by atoms with Crippen LogP contribution in [0.25, 0.3) is 0 Å². The van der Waals surface area contributed by atoms with Gasteiger partial charge in [-0.05, 0) is 12.0 Å². The Hall–Kier alpha value is -1.44. The summed E-state index contributed by atoms with van der Waals surface area (Å²) in [5, 5.41) is 0. The van der Waals surface area contributed by atoms with Crippen LogP contribution in [0.5, 0.6) is 0 Å². The van der Waals surface area contributed by atoms with Crippen LogP contribution < -0.4 is 0 Å². The molecular weight excluding hydrogens is 272 g/mol. The summed E-state index contributed by atoms with van der Waals surface area (Å²) in [5.74, 6) is 0.141. The van der Waals surface area contributed by atoms with E-state index in [4.69, 9.17) is 0 Å². The third kappa shape index (κ3) is 9.49. The molecule has 0 spiro atoms. The van der Waals surface area contributed by atoms with Crippen LogP contribution >= 0.6 is 0 Å². The van der Waals surface area contributed by atoms with Gasteiger partial charge < -0.3 is 0 Å². The maximum Gasteiger partial charge on any atom is 0.144 e. The molecule has 2 heteroatoms. The van der Waals surface area contributed by atoms with Crippen LogP contribution in [-0.2, 0) is 16.0 Å². The zero-order valence-corrected chi connectivity index (χ0v) is 14.0. The number of unbranched alkanes of at least 4 members (excludes halogenated alkanes) is 7. The van der Waals surface area contributed by atoms with Crippen molar-refractivity contribution in [3.05, 3.63) is 35.9 Å². The zero-order chi connectivity index (χ0) is 16.0. The molecule has 0 saturated heterocycles. The van der Waals surface area contributed by atoms with Crippen molar-refractivity contribution in [2.24, 2.45) is 0 Å². The molecule has 0 N–H and O–H groups in total. The molecule has 1 rings (SSSR count). The third-order valence-corrected chi connectivity index (χ3v) is 3.95. The first-order chi connectivity index (χ1) is 10.7. The van der Waals surface area contributed by atoms with Crippen molar-refractivity contribution < 1.29 is 9.59 Å². The van der Waals surface area contributed by atoms with Gasteiger partial charge in [0.2, 0.25) is 0 Å². The largest absolute Gasteiger partial charge is 0.299 e. The Morgan fingerprint density at radius 3 is 2.00 bits per heavy atom. The summed E-state index contributed by atoms with van der Waals surface area (Å²) in [5.41, 5.74) is 0.993. The van der Waals surface area contributed by atoms with E-state index in [1.54, 1.807) is 0 Å². The number of carbonyl (C=O) groups is 2. The Kier molecular flexibility index (Phi) is 10.3. The second-order valence-corrected chi connectivity index (χ2v) is 6.14. The lowest BCUT2D eigenvalue weighted by Crippen LogP contribution is -2.10. The number of ketones is 2. The molecule has 0 aliphatic carbocycles. The lowest BCUT2D eigenvalue weighted by Gasteiger charge is -2.03. The minimum absolute atomic E-state index is 0.0377. The van der Waals surface area contributed by atoms with Gasteiger partial charge in [-0.25, -0.2) is 0 Å². The number of hydrogen-bond acceptors (Lipinski definition) is 2. The van der Waals surface area contributed by atoms with Gasteiger partial charge in [0.15, 0.2) is 0 Å². The number of benzene rings is 1. The van der Waals surface area contributed by atoms with Gasteiger partial charge in [-0.15, -0.1) is 0 Å². The predicted molar refractivity (Wildman–Crippen MR) is 92.0 cm³/mol. The summed E-state index contributed by atoms with van der Waals surface area (Å²) < 4.78 is 0. The number of rotatable bonds is 13. The van der Waals surface area contributed by atoms with Gasteiger partial charge in [0.1, 0.15) is 11.6 Å². The molecule has 1 aromatic carbocycles. The first kappa shape index (κ1) is 18.6. The standard InChI is InChI=1S/C20H30O2/c1-2-3-4-5-6-7-8-12-15-19(21)17-20(22)16-18-13-10-9-11-14-18/h9-11,13-14H,2-8,12,15-17H2,1H3. The van der Waals surface area contributed by atoms with E-state index in [2.05, 4.69) is 6.92 Å². The van der Waals surface area contributed by atoms with Crippen LogP contribution in [0.2, 0.25) is 0 Å². The Morgan fingerprint density at radius 2 is 1.36 bits per heavy atom. The fraction of sp³-hybridized carbons (Fsp3) is 0.600. The molecule has 0 aliphatic heterocycles. The molecule has 0 heterocycles. The van der Waals surface area contributed by atoms with E-state index in [1.807, 2.05) is 30.3 Å². The molecule has 1 aromatic rings. The molecule has 0 fully saturated rings. The number of Topliss-reactive ketones (excluding diaryl/α,β-unsaturated/α-hetero) is 2. The average Bonchev–Trinajstić information content (AvgIpc) is 2.50. The summed E-state index contributed by atoms with van der Waals surface area (Å²) in [7, 11) is 0. The lowest BCUT2D eigenvalue weighted by molar-refractivity contribution is -0.126. The maximum atomic E-state index is 11.8. The normalized spacial score (nSPS) is 10.6. The average molecular weight is 302 g/mol. The van der Waals surface area contributed by atoms with E-state index >= 15 is 0 Å². The molecule has 0 aliphatic rings. The topological polar surface area (TPSA) is 34.1 Å². The molecule has 122 valence electrons. The third-order valence-electron chi connectivity index (χ3n) is 3.95. The fourth-order valence-electron chi connectivity index (χ4n) is 2.65. The van der Waals surface area contributed by atoms with Crippen molar-refractivity contribution in [2.45, 2.75) is 77.6 Å². The van der Waals surface area contributed by atoms with E-state index in [9.17, 15) is 9.59 Å². The maximum absolute atomic E-state index is 11.8. The highest BCUT2D eigenvalue weighted by atomic mass is 16.1. The molecule has 22 heavy (non-hydrogen) atoms. The molecule has 0 aromatic heterocycles. The summed E-state index contributed by atoms with van der Waals surface area (Å²) in [6.45, 7) is 2.23. The molecule has 2 nitrogen and oxygen atoms in total. The molecule has 0 bridgehead atoms. The van der Waals surface area contributed by atoms with Crippen molar-refractivity contribution in [3.63, 3.8) is 0 Å². The quantitative estimate of drug-likeness (QED) is 0.366. The Labute approximate surface area is 135 Å². The van der Waals surface area contributed by atoms with Crippen LogP contribution in [0.1, 0.15) is 76.7 Å². The van der Waals surface area contributed by atoms with Gasteiger partial charge in [0, 0.05) is 12.8 Å². The second-order valence-electron chi connectivity index (χ2n) is 6.14. The summed E-state index contributed by atoms with van der Waals surface area (Å²) in [6.07, 6.45) is 10.9. The Balaban J connectivity index is 2.02. The van der Waals surface area contributed by atoms with Gasteiger partial charge in [-0.3, -0.25) is 9.59 Å². The number of carbonyl (C=O) groups excluding carboxylic acids is 2. The molecule has 0 radical (unpaired) electrons.